The molecule has 0 N–H and O–H groups in total. The van der Waals surface area contributed by atoms with Crippen molar-refractivity contribution in [3.63, 3.8) is 0 Å². The van der Waals surface area contributed by atoms with Gasteiger partial charge in [-0.15, -0.1) is 11.3 Å². The number of fused-ring (bicyclic) bond motifs is 4. The Hall–Kier alpha value is -2.27. The molecule has 0 aliphatic heterocycles. The van der Waals surface area contributed by atoms with E-state index in [4.69, 9.17) is 9.97 Å². The quantitative estimate of drug-likeness (QED) is 0.517. The molecule has 120 valence electrons. The lowest BCUT2D eigenvalue weighted by molar-refractivity contribution is 0.914. The van der Waals surface area contributed by atoms with Crippen LogP contribution in [0.4, 0.5) is 0 Å². The minimum atomic E-state index is 0.822. The van der Waals surface area contributed by atoms with Gasteiger partial charge in [0.05, 0.1) is 16.4 Å². The molecule has 0 atom stereocenters. The van der Waals surface area contributed by atoms with Crippen LogP contribution in [0.25, 0.3) is 27.1 Å². The smallest absolute Gasteiger partial charge is 0.151 e. The van der Waals surface area contributed by atoms with Crippen LogP contribution in [0, 0.1) is 20.8 Å². The minimum Gasteiger partial charge on any atom is -0.282 e. The highest BCUT2D eigenvalue weighted by Gasteiger charge is 2.23. The average Bonchev–Trinajstić information content (AvgIpc) is 3.21. The van der Waals surface area contributed by atoms with E-state index in [9.17, 15) is 0 Å². The van der Waals surface area contributed by atoms with Crippen molar-refractivity contribution in [2.45, 2.75) is 40.0 Å². The second-order valence-electron chi connectivity index (χ2n) is 6.67. The zero-order chi connectivity index (χ0) is 16.4. The van der Waals surface area contributed by atoms with Crippen LogP contribution in [0.15, 0.2) is 18.5 Å². The zero-order valence-electron chi connectivity index (χ0n) is 14.1. The first-order chi connectivity index (χ1) is 11.6. The molecule has 0 saturated carbocycles. The molecule has 24 heavy (non-hydrogen) atoms. The molecule has 0 bridgehead atoms. The maximum absolute atomic E-state index is 4.81. The molecule has 4 nitrogen and oxygen atoms in total. The van der Waals surface area contributed by atoms with Crippen molar-refractivity contribution >= 4 is 32.6 Å². The van der Waals surface area contributed by atoms with Gasteiger partial charge >= 0.3 is 0 Å². The number of benzene rings is 1. The summed E-state index contributed by atoms with van der Waals surface area (Å²) in [4.78, 5) is 16.7. The second kappa shape index (κ2) is 4.86. The number of thiophene rings is 1. The third-order valence-electron chi connectivity index (χ3n) is 5.05. The van der Waals surface area contributed by atoms with E-state index in [1.807, 2.05) is 24.6 Å². The van der Waals surface area contributed by atoms with Gasteiger partial charge in [-0.2, -0.15) is 0 Å². The van der Waals surface area contributed by atoms with Crippen LogP contribution in [-0.2, 0) is 12.8 Å². The standard InChI is InChI=1S/C19H18N4S/c1-10-7-14-15(8-11(10)2)23(9-20-14)18-17-13-5-4-6-16(13)24-19(17)22-12(3)21-18/h7-9H,4-6H2,1-3H3. The monoisotopic (exact) mass is 334 g/mol. The Balaban J connectivity index is 1.88. The van der Waals surface area contributed by atoms with Crippen LogP contribution < -0.4 is 0 Å². The molecule has 0 spiro atoms. The number of imidazole rings is 1. The first-order valence-corrected chi connectivity index (χ1v) is 9.17. The molecule has 1 aliphatic rings. The second-order valence-corrected chi connectivity index (χ2v) is 7.76. The molecule has 5 rings (SSSR count). The van der Waals surface area contributed by atoms with Crippen molar-refractivity contribution in [3.8, 4) is 5.82 Å². The molecule has 3 heterocycles. The van der Waals surface area contributed by atoms with Crippen LogP contribution in [0.1, 0.15) is 33.8 Å². The highest BCUT2D eigenvalue weighted by molar-refractivity contribution is 7.19. The Morgan fingerprint density at radius 3 is 2.75 bits per heavy atom. The predicted molar refractivity (Wildman–Crippen MR) is 98.3 cm³/mol. The zero-order valence-corrected chi connectivity index (χ0v) is 14.9. The van der Waals surface area contributed by atoms with Crippen molar-refractivity contribution in [1.29, 1.82) is 0 Å². The van der Waals surface area contributed by atoms with Crippen molar-refractivity contribution in [3.05, 3.63) is 45.9 Å². The first-order valence-electron chi connectivity index (χ1n) is 8.35. The lowest BCUT2D eigenvalue weighted by Gasteiger charge is -2.09. The fourth-order valence-corrected chi connectivity index (χ4v) is 4.99. The molecule has 1 aromatic carbocycles. The Morgan fingerprint density at radius 2 is 1.88 bits per heavy atom. The summed E-state index contributed by atoms with van der Waals surface area (Å²) in [7, 11) is 0. The summed E-state index contributed by atoms with van der Waals surface area (Å²) in [6.07, 6.45) is 5.47. The van der Waals surface area contributed by atoms with Gasteiger partial charge < -0.3 is 0 Å². The van der Waals surface area contributed by atoms with E-state index in [1.54, 1.807) is 0 Å². The fourth-order valence-electron chi connectivity index (χ4n) is 3.69. The van der Waals surface area contributed by atoms with Gasteiger partial charge in [0, 0.05) is 4.88 Å². The summed E-state index contributed by atoms with van der Waals surface area (Å²) in [6, 6.07) is 4.37. The minimum absolute atomic E-state index is 0.822. The van der Waals surface area contributed by atoms with Crippen LogP contribution in [0.2, 0.25) is 0 Å². The molecule has 4 aromatic rings. The van der Waals surface area contributed by atoms with Gasteiger partial charge in [-0.25, -0.2) is 15.0 Å². The van der Waals surface area contributed by atoms with Gasteiger partial charge in [0.1, 0.15) is 17.0 Å². The van der Waals surface area contributed by atoms with Gasteiger partial charge in [-0.3, -0.25) is 4.57 Å². The topological polar surface area (TPSA) is 43.6 Å². The van der Waals surface area contributed by atoms with Crippen molar-refractivity contribution < 1.29 is 0 Å². The Labute approximate surface area is 144 Å². The highest BCUT2D eigenvalue weighted by atomic mass is 32.1. The summed E-state index contributed by atoms with van der Waals surface area (Å²) in [5.41, 5.74) is 6.15. The number of rotatable bonds is 1. The molecular formula is C19H18N4S. The summed E-state index contributed by atoms with van der Waals surface area (Å²) in [6.45, 7) is 6.25. The lowest BCUT2D eigenvalue weighted by atomic mass is 10.1. The van der Waals surface area contributed by atoms with Gasteiger partial charge in [0.15, 0.2) is 5.82 Å². The molecular weight excluding hydrogens is 316 g/mol. The van der Waals surface area contributed by atoms with Crippen molar-refractivity contribution in [2.75, 3.05) is 0 Å². The van der Waals surface area contributed by atoms with Gasteiger partial charge in [0.2, 0.25) is 0 Å². The molecule has 5 heteroatoms. The Kier molecular flexibility index (Phi) is 2.86. The van der Waals surface area contributed by atoms with E-state index >= 15 is 0 Å². The van der Waals surface area contributed by atoms with E-state index < -0.39 is 0 Å². The highest BCUT2D eigenvalue weighted by Crippen LogP contribution is 2.39. The molecule has 0 saturated heterocycles. The summed E-state index contributed by atoms with van der Waals surface area (Å²) < 4.78 is 2.14. The largest absolute Gasteiger partial charge is 0.282 e. The Morgan fingerprint density at radius 1 is 1.04 bits per heavy atom. The molecule has 0 unspecified atom stereocenters. The van der Waals surface area contributed by atoms with E-state index in [0.29, 0.717) is 0 Å². The van der Waals surface area contributed by atoms with Crippen LogP contribution >= 0.6 is 11.3 Å². The van der Waals surface area contributed by atoms with Gasteiger partial charge in [-0.1, -0.05) is 0 Å². The van der Waals surface area contributed by atoms with Crippen LogP contribution in [0.3, 0.4) is 0 Å². The number of aromatic nitrogens is 4. The van der Waals surface area contributed by atoms with Crippen molar-refractivity contribution in [1.82, 2.24) is 19.5 Å². The van der Waals surface area contributed by atoms with E-state index in [1.165, 1.54) is 39.8 Å². The number of aryl methyl sites for hydroxylation is 5. The molecule has 3 aromatic heterocycles. The number of hydrogen-bond acceptors (Lipinski definition) is 4. The van der Waals surface area contributed by atoms with Crippen LogP contribution in [-0.4, -0.2) is 19.5 Å². The van der Waals surface area contributed by atoms with E-state index in [2.05, 4.69) is 35.5 Å². The first kappa shape index (κ1) is 14.1. The molecule has 0 radical (unpaired) electrons. The third kappa shape index (κ3) is 1.88. The summed E-state index contributed by atoms with van der Waals surface area (Å²) >= 11 is 1.84. The van der Waals surface area contributed by atoms with Crippen LogP contribution in [0.5, 0.6) is 0 Å². The third-order valence-corrected chi connectivity index (χ3v) is 6.23. The van der Waals surface area contributed by atoms with Crippen molar-refractivity contribution in [2.24, 2.45) is 0 Å². The Bertz CT molecular complexity index is 1120. The average molecular weight is 334 g/mol. The fraction of sp³-hybridized carbons (Fsp3) is 0.316. The van der Waals surface area contributed by atoms with E-state index in [-0.39, 0.29) is 0 Å². The lowest BCUT2D eigenvalue weighted by Crippen LogP contribution is -2.01. The molecule has 0 amide bonds. The SMILES string of the molecule is Cc1nc(-n2cnc3cc(C)c(C)cc32)c2c3c(sc2n1)CCC3. The predicted octanol–water partition coefficient (Wildman–Crippen LogP) is 4.44. The maximum atomic E-state index is 4.81. The normalized spacial score (nSPS) is 14.0. The number of hydrogen-bond donors (Lipinski definition) is 0. The van der Waals surface area contributed by atoms with Gasteiger partial charge in [-0.05, 0) is 68.9 Å². The van der Waals surface area contributed by atoms with Gasteiger partial charge in [0.25, 0.3) is 0 Å². The van der Waals surface area contributed by atoms with E-state index in [0.717, 1.165) is 33.9 Å². The maximum Gasteiger partial charge on any atom is 0.151 e. The molecule has 1 aliphatic carbocycles. The summed E-state index contributed by atoms with van der Waals surface area (Å²) in [5, 5.41) is 1.23. The number of nitrogens with zero attached hydrogens (tertiary/aromatic N) is 4. The molecule has 0 fully saturated rings. The summed E-state index contributed by atoms with van der Waals surface area (Å²) in [5.74, 6) is 1.81.